The fourth-order valence-electron chi connectivity index (χ4n) is 2.60. The summed E-state index contributed by atoms with van der Waals surface area (Å²) < 4.78 is 5.39. The number of carbonyl (C=O) groups excluding carboxylic acids is 1. The van der Waals surface area contributed by atoms with Crippen LogP contribution in [-0.2, 0) is 9.53 Å². The summed E-state index contributed by atoms with van der Waals surface area (Å²) in [6.45, 7) is 1.91. The summed E-state index contributed by atoms with van der Waals surface area (Å²) in [6, 6.07) is 9.66. The molecule has 1 fully saturated rings. The van der Waals surface area contributed by atoms with Gasteiger partial charge >= 0.3 is 0 Å². The second-order valence-corrected chi connectivity index (χ2v) is 6.45. The van der Waals surface area contributed by atoms with Crippen LogP contribution < -0.4 is 10.2 Å². The Morgan fingerprint density at radius 2 is 2.08 bits per heavy atom. The van der Waals surface area contributed by atoms with Crippen molar-refractivity contribution in [2.45, 2.75) is 17.7 Å². The van der Waals surface area contributed by atoms with Crippen LogP contribution in [0.25, 0.3) is 0 Å². The Balaban J connectivity index is 1.50. The number of hydrogen-bond donors (Lipinski definition) is 1. The number of thioether (sulfide) groups is 1. The molecule has 0 bridgehead atoms. The van der Waals surface area contributed by atoms with Gasteiger partial charge in [0.25, 0.3) is 0 Å². The molecule has 1 aliphatic heterocycles. The first kappa shape index (κ1) is 16.7. The maximum absolute atomic E-state index is 12.0. The van der Waals surface area contributed by atoms with Gasteiger partial charge < -0.3 is 15.0 Å². The van der Waals surface area contributed by atoms with Crippen LogP contribution in [0.5, 0.6) is 0 Å². The highest BCUT2D eigenvalue weighted by atomic mass is 32.2. The van der Waals surface area contributed by atoms with Crippen LogP contribution in [0.4, 0.5) is 11.4 Å². The summed E-state index contributed by atoms with van der Waals surface area (Å²) >= 11 is 1.32. The number of nitrogens with one attached hydrogen (secondary N) is 1. The molecule has 1 N–H and O–H groups in total. The van der Waals surface area contributed by atoms with E-state index >= 15 is 0 Å². The Morgan fingerprint density at radius 1 is 1.33 bits per heavy atom. The van der Waals surface area contributed by atoms with Crippen LogP contribution >= 0.6 is 11.8 Å². The topological polar surface area (TPSA) is 67.3 Å². The fraction of sp³-hybridized carbons (Fsp3) is 0.353. The van der Waals surface area contributed by atoms with Gasteiger partial charge in [-0.25, -0.2) is 9.97 Å². The molecule has 0 saturated carbocycles. The summed E-state index contributed by atoms with van der Waals surface area (Å²) in [7, 11) is 1.76. The Labute approximate surface area is 145 Å². The zero-order valence-corrected chi connectivity index (χ0v) is 14.3. The van der Waals surface area contributed by atoms with E-state index in [2.05, 4.69) is 20.2 Å². The molecule has 0 spiro atoms. The van der Waals surface area contributed by atoms with E-state index in [4.69, 9.17) is 4.74 Å². The minimum atomic E-state index is -0.0687. The van der Waals surface area contributed by atoms with Crippen molar-refractivity contribution >= 4 is 29.0 Å². The van der Waals surface area contributed by atoms with E-state index in [1.165, 1.54) is 11.8 Å². The van der Waals surface area contributed by atoms with E-state index in [1.54, 1.807) is 25.6 Å². The largest absolute Gasteiger partial charge is 0.380 e. The lowest BCUT2D eigenvalue weighted by Crippen LogP contribution is -2.22. The van der Waals surface area contributed by atoms with Crippen LogP contribution in [0, 0.1) is 0 Å². The first-order valence-corrected chi connectivity index (χ1v) is 8.80. The number of anilines is 2. The highest BCUT2D eigenvalue weighted by Crippen LogP contribution is 2.23. The second kappa shape index (κ2) is 8.12. The van der Waals surface area contributed by atoms with Crippen LogP contribution in [0.2, 0.25) is 0 Å². The predicted octanol–water partition coefficient (Wildman–Crippen LogP) is 2.43. The standard InChI is InChI=1S/C17H20N4O2S/c1-23-15-7-10-21(11-15)14-5-3-13(4-6-14)20-16(22)12-24-17-18-8-2-9-19-17/h2-6,8-9,15H,7,10-12H2,1H3,(H,20,22). The van der Waals surface area contributed by atoms with Gasteiger partial charge in [0.15, 0.2) is 5.16 Å². The Bertz CT molecular complexity index is 666. The van der Waals surface area contributed by atoms with Gasteiger partial charge in [-0.1, -0.05) is 11.8 Å². The van der Waals surface area contributed by atoms with E-state index in [-0.39, 0.29) is 11.7 Å². The van der Waals surface area contributed by atoms with Crippen LogP contribution in [0.1, 0.15) is 6.42 Å². The van der Waals surface area contributed by atoms with Gasteiger partial charge in [0.1, 0.15) is 0 Å². The quantitative estimate of drug-likeness (QED) is 0.641. The van der Waals surface area contributed by atoms with Gasteiger partial charge in [0.05, 0.1) is 11.9 Å². The average Bonchev–Trinajstić information content (AvgIpc) is 3.11. The smallest absolute Gasteiger partial charge is 0.234 e. The van der Waals surface area contributed by atoms with E-state index in [1.807, 2.05) is 24.3 Å². The molecule has 2 heterocycles. The summed E-state index contributed by atoms with van der Waals surface area (Å²) in [5.41, 5.74) is 1.94. The number of rotatable bonds is 6. The number of carbonyl (C=O) groups is 1. The van der Waals surface area contributed by atoms with Gasteiger partial charge in [0.2, 0.25) is 5.91 Å². The van der Waals surface area contributed by atoms with Gasteiger partial charge in [-0.3, -0.25) is 4.79 Å². The Hall–Kier alpha value is -2.12. The number of hydrogen-bond acceptors (Lipinski definition) is 6. The van der Waals surface area contributed by atoms with E-state index < -0.39 is 0 Å². The average molecular weight is 344 g/mol. The molecule has 2 aromatic rings. The van der Waals surface area contributed by atoms with Crippen molar-refractivity contribution in [3.05, 3.63) is 42.7 Å². The fourth-order valence-corrected chi connectivity index (χ4v) is 3.20. The number of aromatic nitrogens is 2. The lowest BCUT2D eigenvalue weighted by Gasteiger charge is -2.18. The number of ether oxygens (including phenoxy) is 1. The molecule has 1 aromatic carbocycles. The highest BCUT2D eigenvalue weighted by Gasteiger charge is 2.22. The molecule has 7 heteroatoms. The van der Waals surface area contributed by atoms with E-state index in [0.717, 1.165) is 30.9 Å². The third-order valence-electron chi connectivity index (χ3n) is 3.87. The molecule has 1 atom stereocenters. The Morgan fingerprint density at radius 3 is 2.75 bits per heavy atom. The molecule has 1 aliphatic rings. The van der Waals surface area contributed by atoms with Crippen molar-refractivity contribution in [2.24, 2.45) is 0 Å². The third kappa shape index (κ3) is 4.46. The van der Waals surface area contributed by atoms with Crippen molar-refractivity contribution in [3.8, 4) is 0 Å². The zero-order valence-electron chi connectivity index (χ0n) is 13.5. The lowest BCUT2D eigenvalue weighted by molar-refractivity contribution is -0.113. The maximum Gasteiger partial charge on any atom is 0.234 e. The molecule has 1 aromatic heterocycles. The first-order valence-electron chi connectivity index (χ1n) is 7.82. The molecule has 1 unspecified atom stereocenters. The number of benzene rings is 1. The summed E-state index contributed by atoms with van der Waals surface area (Å²) in [5.74, 6) is 0.216. The van der Waals surface area contributed by atoms with Crippen molar-refractivity contribution in [3.63, 3.8) is 0 Å². The van der Waals surface area contributed by atoms with E-state index in [9.17, 15) is 4.79 Å². The number of amides is 1. The van der Waals surface area contributed by atoms with Crippen LogP contribution in [-0.4, -0.2) is 47.9 Å². The van der Waals surface area contributed by atoms with Gasteiger partial charge in [0, 0.05) is 44.0 Å². The number of nitrogens with zero attached hydrogens (tertiary/aromatic N) is 3. The summed E-state index contributed by atoms with van der Waals surface area (Å²) in [6.07, 6.45) is 4.69. The van der Waals surface area contributed by atoms with Gasteiger partial charge in [-0.15, -0.1) is 0 Å². The monoisotopic (exact) mass is 344 g/mol. The molecule has 3 rings (SSSR count). The van der Waals surface area contributed by atoms with Crippen molar-refractivity contribution in [1.29, 1.82) is 0 Å². The zero-order chi connectivity index (χ0) is 16.8. The lowest BCUT2D eigenvalue weighted by atomic mass is 10.2. The van der Waals surface area contributed by atoms with Crippen molar-refractivity contribution in [1.82, 2.24) is 9.97 Å². The molecule has 0 radical (unpaired) electrons. The van der Waals surface area contributed by atoms with E-state index in [0.29, 0.717) is 11.3 Å². The molecule has 1 saturated heterocycles. The third-order valence-corrected chi connectivity index (χ3v) is 4.74. The van der Waals surface area contributed by atoms with Crippen LogP contribution in [0.15, 0.2) is 47.9 Å². The van der Waals surface area contributed by atoms with Crippen molar-refractivity contribution in [2.75, 3.05) is 36.2 Å². The highest BCUT2D eigenvalue weighted by molar-refractivity contribution is 7.99. The normalized spacial score (nSPS) is 17.0. The molecular formula is C17H20N4O2S. The molecule has 6 nitrogen and oxygen atoms in total. The predicted molar refractivity (Wildman–Crippen MR) is 95.5 cm³/mol. The minimum Gasteiger partial charge on any atom is -0.380 e. The Kier molecular flexibility index (Phi) is 5.66. The van der Waals surface area contributed by atoms with Crippen LogP contribution in [0.3, 0.4) is 0 Å². The summed E-state index contributed by atoms with van der Waals surface area (Å²) in [4.78, 5) is 22.5. The molecule has 1 amide bonds. The summed E-state index contributed by atoms with van der Waals surface area (Å²) in [5, 5.41) is 3.49. The molecule has 126 valence electrons. The second-order valence-electron chi connectivity index (χ2n) is 5.51. The molecule has 24 heavy (non-hydrogen) atoms. The molecule has 0 aliphatic carbocycles. The SMILES string of the molecule is COC1CCN(c2ccc(NC(=O)CSc3ncccn3)cc2)C1. The number of methoxy groups -OCH3 is 1. The molecular weight excluding hydrogens is 324 g/mol. The van der Waals surface area contributed by atoms with Gasteiger partial charge in [-0.05, 0) is 36.8 Å². The first-order chi connectivity index (χ1) is 11.7. The van der Waals surface area contributed by atoms with Gasteiger partial charge in [-0.2, -0.15) is 0 Å². The minimum absolute atomic E-state index is 0.0687. The van der Waals surface area contributed by atoms with Crippen molar-refractivity contribution < 1.29 is 9.53 Å². The maximum atomic E-state index is 12.0.